The van der Waals surface area contributed by atoms with Crippen LogP contribution in [0.5, 0.6) is 5.75 Å². The van der Waals surface area contributed by atoms with Crippen molar-refractivity contribution >= 4 is 23.5 Å². The van der Waals surface area contributed by atoms with Gasteiger partial charge in [-0.3, -0.25) is 10.4 Å². The summed E-state index contributed by atoms with van der Waals surface area (Å²) in [7, 11) is 3.85. The maximum atomic E-state index is 16.1. The van der Waals surface area contributed by atoms with Gasteiger partial charge in [0.05, 0.1) is 17.3 Å². The molecule has 0 radical (unpaired) electrons. The number of amidine groups is 1. The van der Waals surface area contributed by atoms with Crippen molar-refractivity contribution in [1.29, 1.82) is 5.41 Å². The van der Waals surface area contributed by atoms with Gasteiger partial charge in [0.2, 0.25) is 0 Å². The van der Waals surface area contributed by atoms with Crippen LogP contribution in [0.4, 0.5) is 36.4 Å². The summed E-state index contributed by atoms with van der Waals surface area (Å²) in [5, 5.41) is 26.5. The molecule has 0 aliphatic carbocycles. The number of ether oxygens (including phenoxy) is 1. The minimum absolute atomic E-state index is 0.0390. The van der Waals surface area contributed by atoms with Crippen LogP contribution in [0.3, 0.4) is 0 Å². The number of aromatic amines is 1. The SMILES string of the molecule is CCc1cc(OCCN(C)C)c(F)c(C(Cc2ccc(C(=N)N)cc2)c2nn(-c3ccccc3N)c(=O)[nH]2)c1.O=C(O)C(F)(F)F.O=C(O)C(F)(F)F. The Morgan fingerprint density at radius 1 is 0.981 bits per heavy atom. The summed E-state index contributed by atoms with van der Waals surface area (Å²) in [6.07, 6.45) is -9.17. The van der Waals surface area contributed by atoms with Crippen molar-refractivity contribution in [3.8, 4) is 11.4 Å². The third-order valence-electron chi connectivity index (χ3n) is 7.03. The molecule has 0 amide bonds. The number of hydrogen-bond acceptors (Lipinski definition) is 8. The average molecular weight is 760 g/mol. The molecule has 4 rings (SSSR count). The fourth-order valence-corrected chi connectivity index (χ4v) is 4.33. The van der Waals surface area contributed by atoms with Gasteiger partial charge in [0, 0.05) is 17.7 Å². The van der Waals surface area contributed by atoms with Crippen LogP contribution in [0.1, 0.15) is 40.9 Å². The second-order valence-electron chi connectivity index (χ2n) is 11.3. The molecule has 53 heavy (non-hydrogen) atoms. The Hall–Kier alpha value is -5.92. The third kappa shape index (κ3) is 13.0. The molecule has 13 nitrogen and oxygen atoms in total. The first-order chi connectivity index (χ1) is 24.6. The number of halogens is 7. The molecule has 1 atom stereocenters. The first-order valence-electron chi connectivity index (χ1n) is 15.2. The van der Waals surface area contributed by atoms with Gasteiger partial charge in [0.25, 0.3) is 0 Å². The Balaban J connectivity index is 0.000000587. The summed E-state index contributed by atoms with van der Waals surface area (Å²) < 4.78 is 86.6. The highest BCUT2D eigenvalue weighted by atomic mass is 19.4. The number of hydrogen-bond donors (Lipinski definition) is 6. The zero-order valence-electron chi connectivity index (χ0n) is 28.3. The van der Waals surface area contributed by atoms with Crippen LogP contribution in [0.25, 0.3) is 5.69 Å². The highest BCUT2D eigenvalue weighted by molar-refractivity contribution is 5.94. The lowest BCUT2D eigenvalue weighted by molar-refractivity contribution is -0.193. The van der Waals surface area contributed by atoms with Gasteiger partial charge in [0.15, 0.2) is 11.6 Å². The summed E-state index contributed by atoms with van der Waals surface area (Å²) >= 11 is 0. The molecule has 20 heteroatoms. The van der Waals surface area contributed by atoms with Gasteiger partial charge in [-0.25, -0.2) is 18.8 Å². The van der Waals surface area contributed by atoms with Gasteiger partial charge >= 0.3 is 30.0 Å². The molecule has 0 saturated carbocycles. The zero-order chi connectivity index (χ0) is 40.3. The van der Waals surface area contributed by atoms with E-state index in [9.17, 15) is 31.1 Å². The molecule has 1 unspecified atom stereocenters. The Bertz CT molecular complexity index is 1900. The lowest BCUT2D eigenvalue weighted by Crippen LogP contribution is -2.21. The molecule has 0 bridgehead atoms. The van der Waals surface area contributed by atoms with Crippen LogP contribution in [-0.2, 0) is 22.4 Å². The van der Waals surface area contributed by atoms with E-state index in [1.54, 1.807) is 48.5 Å². The standard InChI is InChI=1S/C29H34FN7O2.2C2HF3O2/c1-4-18-15-21(26(30)25(17-18)39-14-13-36(2)3)22(16-19-9-11-20(12-10-19)27(32)33)28-34-29(38)37(35-28)24-8-6-5-7-23(24)31;2*3-2(4,5)1(6)7/h5-12,15,17,22H,4,13-14,16,31H2,1-3H3,(H3,32,33)(H,34,35,38);2*(H,6,7). The van der Waals surface area contributed by atoms with Crippen molar-refractivity contribution < 1.29 is 55.3 Å². The van der Waals surface area contributed by atoms with Crippen molar-refractivity contribution in [2.45, 2.75) is 38.0 Å². The summed E-state index contributed by atoms with van der Waals surface area (Å²) in [5.41, 5.74) is 14.8. The number of aliphatic carboxylic acids is 2. The molecule has 0 fully saturated rings. The number of aryl methyl sites for hydroxylation is 1. The number of carboxylic acids is 2. The number of benzene rings is 3. The van der Waals surface area contributed by atoms with Crippen LogP contribution in [0, 0.1) is 11.2 Å². The number of nitrogens with zero attached hydrogens (tertiary/aromatic N) is 3. The van der Waals surface area contributed by atoms with E-state index in [1.165, 1.54) is 4.68 Å². The monoisotopic (exact) mass is 759 g/mol. The maximum Gasteiger partial charge on any atom is 0.490 e. The van der Waals surface area contributed by atoms with Crippen molar-refractivity contribution in [1.82, 2.24) is 19.7 Å². The van der Waals surface area contributed by atoms with E-state index >= 15 is 4.39 Å². The maximum absolute atomic E-state index is 16.1. The normalized spacial score (nSPS) is 11.8. The Kier molecular flexibility index (Phi) is 15.1. The Labute approximate surface area is 297 Å². The summed E-state index contributed by atoms with van der Waals surface area (Å²) in [5.74, 6) is -6.23. The molecule has 4 aromatic rings. The van der Waals surface area contributed by atoms with Crippen LogP contribution in [0.2, 0.25) is 0 Å². The highest BCUT2D eigenvalue weighted by Gasteiger charge is 2.39. The van der Waals surface area contributed by atoms with Gasteiger partial charge in [-0.05, 0) is 56.3 Å². The number of anilines is 1. The number of H-pyrrole nitrogens is 1. The zero-order valence-corrected chi connectivity index (χ0v) is 28.3. The molecule has 0 saturated heterocycles. The molecule has 0 spiro atoms. The molecule has 8 N–H and O–H groups in total. The number of nitrogens with two attached hydrogens (primary N) is 2. The molecule has 0 aliphatic rings. The van der Waals surface area contributed by atoms with E-state index in [0.29, 0.717) is 54.3 Å². The van der Waals surface area contributed by atoms with Crippen molar-refractivity contribution in [2.75, 3.05) is 33.0 Å². The van der Waals surface area contributed by atoms with Crippen molar-refractivity contribution in [2.24, 2.45) is 5.73 Å². The first-order valence-corrected chi connectivity index (χ1v) is 15.2. The van der Waals surface area contributed by atoms with E-state index in [0.717, 1.165) is 11.1 Å². The fraction of sp³-hybridized carbons (Fsp3) is 0.303. The number of aromatic nitrogens is 3. The van der Waals surface area contributed by atoms with E-state index in [4.69, 9.17) is 41.4 Å². The van der Waals surface area contributed by atoms with Gasteiger partial charge in [0.1, 0.15) is 18.3 Å². The van der Waals surface area contributed by atoms with Crippen molar-refractivity contribution in [3.63, 3.8) is 0 Å². The molecule has 0 aliphatic heterocycles. The van der Waals surface area contributed by atoms with Crippen LogP contribution in [-0.4, -0.2) is 87.3 Å². The number of likely N-dealkylation sites (N-methyl/N-ethyl adjacent to an activating group) is 1. The van der Waals surface area contributed by atoms with E-state index < -0.39 is 41.7 Å². The number of para-hydroxylation sites is 2. The van der Waals surface area contributed by atoms with Gasteiger partial charge in [-0.2, -0.15) is 31.0 Å². The number of alkyl halides is 6. The lowest BCUT2D eigenvalue weighted by atomic mass is 9.89. The van der Waals surface area contributed by atoms with Crippen LogP contribution in [0.15, 0.2) is 65.5 Å². The fourth-order valence-electron chi connectivity index (χ4n) is 4.33. The van der Waals surface area contributed by atoms with Crippen LogP contribution >= 0.6 is 0 Å². The number of rotatable bonds is 11. The minimum atomic E-state index is -5.08. The van der Waals surface area contributed by atoms with Crippen molar-refractivity contribution in [3.05, 3.63) is 105 Å². The molecule has 3 aromatic carbocycles. The molecule has 1 heterocycles. The lowest BCUT2D eigenvalue weighted by Gasteiger charge is -2.20. The minimum Gasteiger partial charge on any atom is -0.489 e. The second-order valence-corrected chi connectivity index (χ2v) is 11.3. The molecular formula is C33H36F7N7O6. The number of carbonyl (C=O) groups is 2. The topological polar surface area (TPSA) is 214 Å². The number of carboxylic acid groups (broad SMARTS) is 2. The average Bonchev–Trinajstić information content (AvgIpc) is 3.45. The van der Waals surface area contributed by atoms with Gasteiger partial charge < -0.3 is 31.3 Å². The largest absolute Gasteiger partial charge is 0.490 e. The van der Waals surface area contributed by atoms with E-state index in [-0.39, 0.29) is 11.6 Å². The third-order valence-corrected chi connectivity index (χ3v) is 7.03. The van der Waals surface area contributed by atoms with E-state index in [1.807, 2.05) is 38.1 Å². The predicted octanol–water partition coefficient (Wildman–Crippen LogP) is 4.71. The number of nitrogens with one attached hydrogen (secondary N) is 2. The first kappa shape index (κ1) is 43.2. The van der Waals surface area contributed by atoms with E-state index in [2.05, 4.69) is 10.1 Å². The van der Waals surface area contributed by atoms with Gasteiger partial charge in [-0.15, -0.1) is 5.10 Å². The Morgan fingerprint density at radius 2 is 1.53 bits per heavy atom. The van der Waals surface area contributed by atoms with Crippen LogP contribution < -0.4 is 21.9 Å². The quantitative estimate of drug-likeness (QED) is 0.0536. The summed E-state index contributed by atoms with van der Waals surface area (Å²) in [4.78, 5) is 35.6. The van der Waals surface area contributed by atoms with Gasteiger partial charge in [-0.1, -0.05) is 49.4 Å². The summed E-state index contributed by atoms with van der Waals surface area (Å²) in [6, 6.07) is 17.6. The smallest absolute Gasteiger partial charge is 0.489 e. The predicted molar refractivity (Wildman–Crippen MR) is 179 cm³/mol. The molecule has 288 valence electrons. The summed E-state index contributed by atoms with van der Waals surface area (Å²) in [6.45, 7) is 2.95. The molecular weight excluding hydrogens is 723 g/mol. The molecule has 1 aromatic heterocycles. The second kappa shape index (κ2) is 18.5. The Morgan fingerprint density at radius 3 is 2.00 bits per heavy atom. The number of nitrogen functional groups attached to an aromatic ring is 2. The highest BCUT2D eigenvalue weighted by Crippen LogP contribution is 2.34.